The standard InChI is InChI=1S/C16H23N5/c1-3-13-10-20(2)7-4-8-21(13)16-14-6-5-12(17)9-15(14)18-11-19-16/h5-6,9,11,13H,3-4,7-8,10,17H2,1-2H3. The first-order valence-electron chi connectivity index (χ1n) is 7.64. The molecule has 1 unspecified atom stereocenters. The van der Waals surface area contributed by atoms with Crippen molar-refractivity contribution in [3.05, 3.63) is 24.5 Å². The summed E-state index contributed by atoms with van der Waals surface area (Å²) in [6.45, 7) is 5.51. The van der Waals surface area contributed by atoms with Gasteiger partial charge in [0.15, 0.2) is 0 Å². The maximum Gasteiger partial charge on any atom is 0.140 e. The number of benzene rings is 1. The lowest BCUT2D eigenvalue weighted by Gasteiger charge is -2.31. The van der Waals surface area contributed by atoms with Crippen molar-refractivity contribution >= 4 is 22.4 Å². The molecule has 2 heterocycles. The van der Waals surface area contributed by atoms with E-state index >= 15 is 0 Å². The highest BCUT2D eigenvalue weighted by atomic mass is 15.3. The Morgan fingerprint density at radius 3 is 2.95 bits per heavy atom. The van der Waals surface area contributed by atoms with Gasteiger partial charge in [0, 0.05) is 30.2 Å². The monoisotopic (exact) mass is 285 g/mol. The lowest BCUT2D eigenvalue weighted by atomic mass is 10.1. The van der Waals surface area contributed by atoms with Gasteiger partial charge in [-0.1, -0.05) is 6.92 Å². The van der Waals surface area contributed by atoms with Gasteiger partial charge < -0.3 is 15.5 Å². The largest absolute Gasteiger partial charge is 0.399 e. The van der Waals surface area contributed by atoms with Gasteiger partial charge in [0.2, 0.25) is 0 Å². The van der Waals surface area contributed by atoms with Crippen LogP contribution in [0.4, 0.5) is 11.5 Å². The summed E-state index contributed by atoms with van der Waals surface area (Å²) in [4.78, 5) is 13.8. The van der Waals surface area contributed by atoms with Crippen LogP contribution in [-0.4, -0.2) is 47.6 Å². The van der Waals surface area contributed by atoms with Crippen molar-refractivity contribution in [1.82, 2.24) is 14.9 Å². The van der Waals surface area contributed by atoms with E-state index in [9.17, 15) is 0 Å². The Labute approximate surface area is 125 Å². The molecule has 0 spiro atoms. The first-order chi connectivity index (χ1) is 10.2. The van der Waals surface area contributed by atoms with Gasteiger partial charge in [-0.3, -0.25) is 0 Å². The maximum absolute atomic E-state index is 5.87. The van der Waals surface area contributed by atoms with E-state index in [4.69, 9.17) is 5.73 Å². The van der Waals surface area contributed by atoms with Crippen LogP contribution < -0.4 is 10.6 Å². The number of anilines is 2. The van der Waals surface area contributed by atoms with Crippen LogP contribution in [0.25, 0.3) is 10.9 Å². The van der Waals surface area contributed by atoms with Crippen LogP contribution in [0.2, 0.25) is 0 Å². The molecule has 1 aliphatic rings. The zero-order valence-corrected chi connectivity index (χ0v) is 12.8. The minimum Gasteiger partial charge on any atom is -0.399 e. The number of nitrogens with zero attached hydrogens (tertiary/aromatic N) is 4. The number of likely N-dealkylation sites (N-methyl/N-ethyl adjacent to an activating group) is 1. The minimum absolute atomic E-state index is 0.494. The van der Waals surface area contributed by atoms with E-state index in [0.29, 0.717) is 6.04 Å². The summed E-state index contributed by atoms with van der Waals surface area (Å²) in [5.74, 6) is 1.04. The fourth-order valence-electron chi connectivity index (χ4n) is 3.16. The number of nitrogens with two attached hydrogens (primary N) is 1. The average Bonchev–Trinajstić information content (AvgIpc) is 2.67. The molecule has 2 aromatic rings. The molecule has 112 valence electrons. The predicted molar refractivity (Wildman–Crippen MR) is 87.5 cm³/mol. The lowest BCUT2D eigenvalue weighted by molar-refractivity contribution is 0.328. The Morgan fingerprint density at radius 2 is 2.14 bits per heavy atom. The first-order valence-corrected chi connectivity index (χ1v) is 7.64. The molecule has 1 saturated heterocycles. The molecular weight excluding hydrogens is 262 g/mol. The Morgan fingerprint density at radius 1 is 1.29 bits per heavy atom. The maximum atomic E-state index is 5.87. The molecular formula is C16H23N5. The fourth-order valence-corrected chi connectivity index (χ4v) is 3.16. The second-order valence-electron chi connectivity index (χ2n) is 5.85. The topological polar surface area (TPSA) is 58.3 Å². The van der Waals surface area contributed by atoms with Crippen molar-refractivity contribution in [2.24, 2.45) is 0 Å². The van der Waals surface area contributed by atoms with Gasteiger partial charge in [0.05, 0.1) is 5.52 Å². The highest BCUT2D eigenvalue weighted by Gasteiger charge is 2.24. The highest BCUT2D eigenvalue weighted by Crippen LogP contribution is 2.28. The number of fused-ring (bicyclic) bond motifs is 1. The molecule has 5 nitrogen and oxygen atoms in total. The van der Waals surface area contributed by atoms with Gasteiger partial charge in [-0.25, -0.2) is 9.97 Å². The average molecular weight is 285 g/mol. The summed E-state index contributed by atoms with van der Waals surface area (Å²) in [5.41, 5.74) is 7.54. The SMILES string of the molecule is CCC1CN(C)CCCN1c1ncnc2cc(N)ccc12. The molecule has 1 atom stereocenters. The lowest BCUT2D eigenvalue weighted by Crippen LogP contribution is -2.40. The smallest absolute Gasteiger partial charge is 0.140 e. The second-order valence-corrected chi connectivity index (χ2v) is 5.85. The predicted octanol–water partition coefficient (Wildman–Crippen LogP) is 2.13. The molecule has 2 N–H and O–H groups in total. The Balaban J connectivity index is 2.05. The van der Waals surface area contributed by atoms with E-state index in [0.717, 1.165) is 54.9 Å². The van der Waals surface area contributed by atoms with Crippen LogP contribution in [0.1, 0.15) is 19.8 Å². The summed E-state index contributed by atoms with van der Waals surface area (Å²) in [6.07, 6.45) is 3.93. The van der Waals surface area contributed by atoms with E-state index in [1.165, 1.54) is 0 Å². The normalized spacial score (nSPS) is 20.7. The van der Waals surface area contributed by atoms with Crippen molar-refractivity contribution in [3.8, 4) is 0 Å². The van der Waals surface area contributed by atoms with Crippen LogP contribution in [0.5, 0.6) is 0 Å². The molecule has 0 saturated carbocycles. The molecule has 1 aromatic heterocycles. The first kappa shape index (κ1) is 14.1. The summed E-state index contributed by atoms with van der Waals surface area (Å²) in [7, 11) is 2.20. The van der Waals surface area contributed by atoms with Gasteiger partial charge in [0.25, 0.3) is 0 Å². The molecule has 3 rings (SSSR count). The molecule has 0 amide bonds. The number of hydrogen-bond donors (Lipinski definition) is 1. The summed E-state index contributed by atoms with van der Waals surface area (Å²) < 4.78 is 0. The summed E-state index contributed by atoms with van der Waals surface area (Å²) in [6, 6.07) is 6.39. The van der Waals surface area contributed by atoms with E-state index in [2.05, 4.69) is 33.7 Å². The summed E-state index contributed by atoms with van der Waals surface area (Å²) in [5, 5.41) is 1.09. The van der Waals surface area contributed by atoms with E-state index in [1.807, 2.05) is 18.2 Å². The number of nitrogen functional groups attached to an aromatic ring is 1. The van der Waals surface area contributed by atoms with Crippen molar-refractivity contribution in [2.45, 2.75) is 25.8 Å². The zero-order chi connectivity index (χ0) is 14.8. The van der Waals surface area contributed by atoms with Gasteiger partial charge in [-0.2, -0.15) is 0 Å². The number of aromatic nitrogens is 2. The molecule has 1 aliphatic heterocycles. The van der Waals surface area contributed by atoms with E-state index in [-0.39, 0.29) is 0 Å². The third kappa shape index (κ3) is 2.78. The molecule has 1 fully saturated rings. The fraction of sp³-hybridized carbons (Fsp3) is 0.500. The highest BCUT2D eigenvalue weighted by molar-refractivity contribution is 5.91. The Kier molecular flexibility index (Phi) is 3.92. The van der Waals surface area contributed by atoms with Crippen molar-refractivity contribution in [2.75, 3.05) is 37.3 Å². The van der Waals surface area contributed by atoms with Crippen LogP contribution in [0, 0.1) is 0 Å². The van der Waals surface area contributed by atoms with Gasteiger partial charge in [-0.05, 0) is 44.6 Å². The van der Waals surface area contributed by atoms with Crippen molar-refractivity contribution < 1.29 is 0 Å². The van der Waals surface area contributed by atoms with Gasteiger partial charge in [-0.15, -0.1) is 0 Å². The quantitative estimate of drug-likeness (QED) is 0.857. The molecule has 0 bridgehead atoms. The number of hydrogen-bond acceptors (Lipinski definition) is 5. The molecule has 5 heteroatoms. The van der Waals surface area contributed by atoms with Crippen LogP contribution in [0.3, 0.4) is 0 Å². The zero-order valence-electron chi connectivity index (χ0n) is 12.8. The summed E-state index contributed by atoms with van der Waals surface area (Å²) >= 11 is 0. The Bertz CT molecular complexity index is 627. The molecule has 0 aliphatic carbocycles. The van der Waals surface area contributed by atoms with Crippen LogP contribution in [-0.2, 0) is 0 Å². The Hall–Kier alpha value is -1.88. The van der Waals surface area contributed by atoms with Crippen molar-refractivity contribution in [3.63, 3.8) is 0 Å². The van der Waals surface area contributed by atoms with E-state index in [1.54, 1.807) is 6.33 Å². The minimum atomic E-state index is 0.494. The van der Waals surface area contributed by atoms with Crippen LogP contribution in [0.15, 0.2) is 24.5 Å². The van der Waals surface area contributed by atoms with Gasteiger partial charge in [0.1, 0.15) is 12.1 Å². The number of rotatable bonds is 2. The van der Waals surface area contributed by atoms with Crippen molar-refractivity contribution in [1.29, 1.82) is 0 Å². The third-order valence-electron chi connectivity index (χ3n) is 4.28. The molecule has 0 radical (unpaired) electrons. The second kappa shape index (κ2) is 5.85. The van der Waals surface area contributed by atoms with Gasteiger partial charge >= 0.3 is 0 Å². The molecule has 21 heavy (non-hydrogen) atoms. The molecule has 1 aromatic carbocycles. The van der Waals surface area contributed by atoms with E-state index < -0.39 is 0 Å². The van der Waals surface area contributed by atoms with Crippen LogP contribution >= 0.6 is 0 Å². The third-order valence-corrected chi connectivity index (χ3v) is 4.28.